The summed E-state index contributed by atoms with van der Waals surface area (Å²) < 4.78 is 1.98. The van der Waals surface area contributed by atoms with Crippen LogP contribution in [0.1, 0.15) is 40.4 Å². The molecular formula is C15H14ClNO2. The summed E-state index contributed by atoms with van der Waals surface area (Å²) in [5.41, 5.74) is 3.66. The second-order valence-corrected chi connectivity index (χ2v) is 5.52. The van der Waals surface area contributed by atoms with E-state index >= 15 is 0 Å². The first kappa shape index (κ1) is 12.4. The van der Waals surface area contributed by atoms with Gasteiger partial charge >= 0.3 is 0 Å². The largest absolute Gasteiger partial charge is 0.336 e. The van der Waals surface area contributed by atoms with Crippen molar-refractivity contribution in [2.45, 2.75) is 32.2 Å². The van der Waals surface area contributed by atoms with Crippen molar-refractivity contribution in [3.8, 4) is 0 Å². The molecule has 1 aromatic carbocycles. The van der Waals surface area contributed by atoms with Crippen LogP contribution in [0.3, 0.4) is 0 Å². The molecule has 0 saturated heterocycles. The van der Waals surface area contributed by atoms with E-state index in [9.17, 15) is 9.59 Å². The van der Waals surface area contributed by atoms with Crippen LogP contribution in [0.5, 0.6) is 0 Å². The van der Waals surface area contributed by atoms with Gasteiger partial charge < -0.3 is 9.36 Å². The predicted molar refractivity (Wildman–Crippen MR) is 75.1 cm³/mol. The van der Waals surface area contributed by atoms with Gasteiger partial charge in [0.1, 0.15) is 6.29 Å². The van der Waals surface area contributed by atoms with Crippen molar-refractivity contribution in [1.29, 1.82) is 0 Å². The molecule has 3 rings (SSSR count). The second kappa shape index (κ2) is 4.49. The number of hydrogen-bond acceptors (Lipinski definition) is 2. The zero-order chi connectivity index (χ0) is 13.6. The first-order chi connectivity index (χ1) is 9.17. The molecule has 0 radical (unpaired) electrons. The fraction of sp³-hybridized carbons (Fsp3) is 0.333. The summed E-state index contributed by atoms with van der Waals surface area (Å²) in [7, 11) is 0. The smallest absolute Gasteiger partial charge is 0.152 e. The van der Waals surface area contributed by atoms with Gasteiger partial charge in [0.15, 0.2) is 6.29 Å². The SMILES string of the molecule is Cc1cc(Cl)cc2c(C=O)c(C3CC3)n(CC=O)c12. The van der Waals surface area contributed by atoms with Gasteiger partial charge in [-0.1, -0.05) is 11.6 Å². The zero-order valence-corrected chi connectivity index (χ0v) is 11.4. The minimum Gasteiger partial charge on any atom is -0.336 e. The molecule has 1 aliphatic rings. The van der Waals surface area contributed by atoms with Crippen molar-refractivity contribution in [3.05, 3.63) is 34.0 Å². The van der Waals surface area contributed by atoms with Crippen molar-refractivity contribution in [2.24, 2.45) is 0 Å². The van der Waals surface area contributed by atoms with E-state index in [0.29, 0.717) is 23.0 Å². The first-order valence-electron chi connectivity index (χ1n) is 6.38. The Kier molecular flexibility index (Phi) is 2.94. The highest BCUT2D eigenvalue weighted by atomic mass is 35.5. The maximum absolute atomic E-state index is 11.5. The van der Waals surface area contributed by atoms with Gasteiger partial charge in [0, 0.05) is 27.6 Å². The number of nitrogens with zero attached hydrogens (tertiary/aromatic N) is 1. The van der Waals surface area contributed by atoms with Gasteiger partial charge in [0.2, 0.25) is 0 Å². The quantitative estimate of drug-likeness (QED) is 0.801. The Morgan fingerprint density at radius 2 is 2.11 bits per heavy atom. The van der Waals surface area contributed by atoms with Crippen molar-refractivity contribution < 1.29 is 9.59 Å². The molecule has 98 valence electrons. The van der Waals surface area contributed by atoms with Gasteiger partial charge in [0.05, 0.1) is 12.1 Å². The molecule has 19 heavy (non-hydrogen) atoms. The Balaban J connectivity index is 2.43. The number of rotatable bonds is 4. The summed E-state index contributed by atoms with van der Waals surface area (Å²) >= 11 is 6.09. The van der Waals surface area contributed by atoms with Gasteiger partial charge in [-0.3, -0.25) is 4.79 Å². The molecule has 0 bridgehead atoms. The molecule has 0 amide bonds. The number of fused-ring (bicyclic) bond motifs is 1. The fourth-order valence-corrected chi connectivity index (χ4v) is 3.16. The molecule has 0 aliphatic heterocycles. The summed E-state index contributed by atoms with van der Waals surface area (Å²) in [5, 5.41) is 1.49. The fourth-order valence-electron chi connectivity index (χ4n) is 2.89. The van der Waals surface area contributed by atoms with Crippen molar-refractivity contribution in [2.75, 3.05) is 0 Å². The Labute approximate surface area is 116 Å². The van der Waals surface area contributed by atoms with Crippen LogP contribution in [0.4, 0.5) is 0 Å². The van der Waals surface area contributed by atoms with Crippen LogP contribution in [0, 0.1) is 6.92 Å². The van der Waals surface area contributed by atoms with Crippen LogP contribution in [-0.2, 0) is 11.3 Å². The zero-order valence-electron chi connectivity index (χ0n) is 10.6. The predicted octanol–water partition coefficient (Wildman–Crippen LogP) is 3.49. The molecule has 1 saturated carbocycles. The molecule has 1 aromatic heterocycles. The molecule has 2 aromatic rings. The third-order valence-corrected chi connectivity index (χ3v) is 3.95. The van der Waals surface area contributed by atoms with E-state index in [4.69, 9.17) is 11.6 Å². The lowest BCUT2D eigenvalue weighted by atomic mass is 10.1. The lowest BCUT2D eigenvalue weighted by Crippen LogP contribution is -2.05. The van der Waals surface area contributed by atoms with Crippen LogP contribution >= 0.6 is 11.6 Å². The van der Waals surface area contributed by atoms with Crippen molar-refractivity contribution >= 4 is 35.1 Å². The van der Waals surface area contributed by atoms with E-state index in [1.165, 1.54) is 0 Å². The summed E-state index contributed by atoms with van der Waals surface area (Å²) in [6.45, 7) is 2.25. The lowest BCUT2D eigenvalue weighted by Gasteiger charge is -2.08. The number of halogens is 1. The molecular weight excluding hydrogens is 262 g/mol. The van der Waals surface area contributed by atoms with Gasteiger partial charge in [-0.15, -0.1) is 0 Å². The van der Waals surface area contributed by atoms with E-state index in [1.54, 1.807) is 0 Å². The number of aromatic nitrogens is 1. The highest BCUT2D eigenvalue weighted by Crippen LogP contribution is 2.45. The number of aldehydes is 2. The molecule has 3 nitrogen and oxygen atoms in total. The Morgan fingerprint density at radius 1 is 1.37 bits per heavy atom. The number of aryl methyl sites for hydroxylation is 1. The number of hydrogen-bond donors (Lipinski definition) is 0. The third kappa shape index (κ3) is 1.89. The highest BCUT2D eigenvalue weighted by molar-refractivity contribution is 6.31. The molecule has 0 N–H and O–H groups in total. The molecule has 0 atom stereocenters. The molecule has 4 heteroatoms. The molecule has 1 aliphatic carbocycles. The topological polar surface area (TPSA) is 39.1 Å². The number of carbonyl (C=O) groups excluding carboxylic acids is 2. The minimum atomic E-state index is 0.290. The normalized spacial score (nSPS) is 14.8. The molecule has 1 heterocycles. The average molecular weight is 276 g/mol. The minimum absolute atomic E-state index is 0.290. The number of benzene rings is 1. The van der Waals surface area contributed by atoms with Gasteiger partial charge in [-0.05, 0) is 37.5 Å². The standard InChI is InChI=1S/C15H14ClNO2/c1-9-6-11(16)7-12-13(8-19)15(10-2-3-10)17(4-5-18)14(9)12/h5-8,10H,2-4H2,1H3. The van der Waals surface area contributed by atoms with Gasteiger partial charge in [0.25, 0.3) is 0 Å². The van der Waals surface area contributed by atoms with E-state index in [2.05, 4.69) is 0 Å². The molecule has 1 fully saturated rings. The molecule has 0 unspecified atom stereocenters. The summed E-state index contributed by atoms with van der Waals surface area (Å²) in [6, 6.07) is 3.69. The summed E-state index contributed by atoms with van der Waals surface area (Å²) in [5.74, 6) is 0.408. The van der Waals surface area contributed by atoms with Crippen LogP contribution in [0.2, 0.25) is 5.02 Å². The van der Waals surface area contributed by atoms with Crippen LogP contribution in [-0.4, -0.2) is 17.1 Å². The Morgan fingerprint density at radius 3 is 2.68 bits per heavy atom. The van der Waals surface area contributed by atoms with E-state index < -0.39 is 0 Å². The molecule has 0 spiro atoms. The number of carbonyl (C=O) groups is 2. The van der Waals surface area contributed by atoms with Gasteiger partial charge in [-0.2, -0.15) is 0 Å². The van der Waals surface area contributed by atoms with Crippen LogP contribution in [0.15, 0.2) is 12.1 Å². The average Bonchev–Trinajstić information content (AvgIpc) is 3.14. The second-order valence-electron chi connectivity index (χ2n) is 5.09. The maximum Gasteiger partial charge on any atom is 0.152 e. The Bertz CT molecular complexity index is 683. The maximum atomic E-state index is 11.5. The van der Waals surface area contributed by atoms with E-state index in [-0.39, 0.29) is 0 Å². The highest BCUT2D eigenvalue weighted by Gasteiger charge is 2.32. The first-order valence-corrected chi connectivity index (χ1v) is 6.76. The third-order valence-electron chi connectivity index (χ3n) is 3.73. The Hall–Kier alpha value is -1.61. The van der Waals surface area contributed by atoms with E-state index in [0.717, 1.165) is 47.6 Å². The van der Waals surface area contributed by atoms with Crippen LogP contribution in [0.25, 0.3) is 10.9 Å². The monoisotopic (exact) mass is 275 g/mol. The summed E-state index contributed by atoms with van der Waals surface area (Å²) in [6.07, 6.45) is 3.95. The van der Waals surface area contributed by atoms with Crippen LogP contribution < -0.4 is 0 Å². The van der Waals surface area contributed by atoms with E-state index in [1.807, 2.05) is 23.6 Å². The van der Waals surface area contributed by atoms with Gasteiger partial charge in [-0.25, -0.2) is 0 Å². The lowest BCUT2D eigenvalue weighted by molar-refractivity contribution is -0.108. The van der Waals surface area contributed by atoms with Crippen molar-refractivity contribution in [1.82, 2.24) is 4.57 Å². The van der Waals surface area contributed by atoms with Crippen molar-refractivity contribution in [3.63, 3.8) is 0 Å². The summed E-state index contributed by atoms with van der Waals surface area (Å²) in [4.78, 5) is 22.4.